The van der Waals surface area contributed by atoms with Crippen LogP contribution in [0, 0.1) is 17.0 Å². The SMILES string of the molecule is CC(=O)N(Cc1ccccc1C)c1cc(C(=O)O)ccc1CC[N+](=O)[O-]. The average molecular weight is 356 g/mol. The monoisotopic (exact) mass is 356 g/mol. The quantitative estimate of drug-likeness (QED) is 0.607. The van der Waals surface area contributed by atoms with Crippen molar-refractivity contribution >= 4 is 17.6 Å². The molecule has 7 heteroatoms. The van der Waals surface area contributed by atoms with Crippen molar-refractivity contribution in [1.29, 1.82) is 0 Å². The molecule has 26 heavy (non-hydrogen) atoms. The van der Waals surface area contributed by atoms with Gasteiger partial charge in [0.1, 0.15) is 0 Å². The van der Waals surface area contributed by atoms with E-state index in [9.17, 15) is 24.8 Å². The minimum atomic E-state index is -1.12. The number of carbonyl (C=O) groups is 2. The van der Waals surface area contributed by atoms with Gasteiger partial charge in [-0.3, -0.25) is 14.9 Å². The zero-order valence-electron chi connectivity index (χ0n) is 14.6. The van der Waals surface area contributed by atoms with Crippen LogP contribution in [0.3, 0.4) is 0 Å². The summed E-state index contributed by atoms with van der Waals surface area (Å²) in [5.41, 5.74) is 2.91. The fraction of sp³-hybridized carbons (Fsp3) is 0.263. The number of benzene rings is 2. The highest BCUT2D eigenvalue weighted by Crippen LogP contribution is 2.26. The molecule has 0 aromatic heterocycles. The van der Waals surface area contributed by atoms with E-state index in [0.717, 1.165) is 11.1 Å². The van der Waals surface area contributed by atoms with Gasteiger partial charge in [-0.25, -0.2) is 4.79 Å². The fourth-order valence-corrected chi connectivity index (χ4v) is 2.70. The maximum atomic E-state index is 12.3. The van der Waals surface area contributed by atoms with Gasteiger partial charge in [0.05, 0.1) is 12.1 Å². The minimum Gasteiger partial charge on any atom is -0.478 e. The van der Waals surface area contributed by atoms with Crippen molar-refractivity contribution in [3.8, 4) is 0 Å². The van der Waals surface area contributed by atoms with Gasteiger partial charge in [-0.1, -0.05) is 30.3 Å². The van der Waals surface area contributed by atoms with Crippen molar-refractivity contribution in [2.45, 2.75) is 26.8 Å². The van der Waals surface area contributed by atoms with Crippen molar-refractivity contribution in [1.82, 2.24) is 0 Å². The number of nitrogens with zero attached hydrogens (tertiary/aromatic N) is 2. The fourth-order valence-electron chi connectivity index (χ4n) is 2.70. The molecule has 1 amide bonds. The first-order valence-corrected chi connectivity index (χ1v) is 8.10. The van der Waals surface area contributed by atoms with Crippen LogP contribution in [0.25, 0.3) is 0 Å². The summed E-state index contributed by atoms with van der Waals surface area (Å²) in [6, 6.07) is 11.9. The van der Waals surface area contributed by atoms with Crippen molar-refractivity contribution in [2.24, 2.45) is 0 Å². The number of carboxylic acids is 1. The third kappa shape index (κ3) is 4.66. The molecule has 0 aliphatic rings. The van der Waals surface area contributed by atoms with Gasteiger partial charge in [0, 0.05) is 24.0 Å². The second-order valence-electron chi connectivity index (χ2n) is 5.99. The van der Waals surface area contributed by atoms with Gasteiger partial charge in [0.15, 0.2) is 0 Å². The number of carboxylic acid groups (broad SMARTS) is 1. The Morgan fingerprint density at radius 3 is 2.42 bits per heavy atom. The molecule has 136 valence electrons. The van der Waals surface area contributed by atoms with Crippen molar-refractivity contribution in [3.05, 3.63) is 74.8 Å². The second kappa shape index (κ2) is 8.24. The Morgan fingerprint density at radius 2 is 1.85 bits per heavy atom. The normalized spacial score (nSPS) is 10.4. The molecule has 0 aliphatic carbocycles. The van der Waals surface area contributed by atoms with E-state index in [4.69, 9.17) is 0 Å². The van der Waals surface area contributed by atoms with Crippen LogP contribution in [0.2, 0.25) is 0 Å². The van der Waals surface area contributed by atoms with E-state index in [1.807, 2.05) is 31.2 Å². The molecule has 0 aliphatic heterocycles. The first-order valence-electron chi connectivity index (χ1n) is 8.10. The Hall–Kier alpha value is -3.22. The van der Waals surface area contributed by atoms with Gasteiger partial charge in [-0.15, -0.1) is 0 Å². The molecular formula is C19H20N2O5. The third-order valence-electron chi connectivity index (χ3n) is 4.16. The highest BCUT2D eigenvalue weighted by atomic mass is 16.6. The second-order valence-corrected chi connectivity index (χ2v) is 5.99. The number of hydrogen-bond donors (Lipinski definition) is 1. The summed E-state index contributed by atoms with van der Waals surface area (Å²) >= 11 is 0. The first-order chi connectivity index (χ1) is 12.3. The molecule has 0 saturated carbocycles. The topological polar surface area (TPSA) is 101 Å². The van der Waals surface area contributed by atoms with Crippen LogP contribution in [0.4, 0.5) is 5.69 Å². The predicted molar refractivity (Wildman–Crippen MR) is 97.0 cm³/mol. The summed E-state index contributed by atoms with van der Waals surface area (Å²) in [6.07, 6.45) is 0.111. The number of rotatable bonds is 7. The smallest absolute Gasteiger partial charge is 0.335 e. The number of carbonyl (C=O) groups excluding carboxylic acids is 1. The molecule has 2 rings (SSSR count). The molecule has 0 atom stereocenters. The molecule has 1 N–H and O–H groups in total. The Labute approximate surface area is 151 Å². The predicted octanol–water partition coefficient (Wildman–Crippen LogP) is 3.07. The summed E-state index contributed by atoms with van der Waals surface area (Å²) in [4.78, 5) is 35.4. The Kier molecular flexibility index (Phi) is 6.06. The summed E-state index contributed by atoms with van der Waals surface area (Å²) in [5, 5.41) is 20.0. The van der Waals surface area contributed by atoms with Crippen LogP contribution in [-0.2, 0) is 17.8 Å². The third-order valence-corrected chi connectivity index (χ3v) is 4.16. The van der Waals surface area contributed by atoms with Gasteiger partial charge in [0.2, 0.25) is 12.5 Å². The van der Waals surface area contributed by atoms with E-state index in [-0.39, 0.29) is 31.0 Å². The zero-order valence-corrected chi connectivity index (χ0v) is 14.6. The number of aryl methyl sites for hydroxylation is 1. The van der Waals surface area contributed by atoms with Crippen molar-refractivity contribution < 1.29 is 19.6 Å². The maximum absolute atomic E-state index is 12.3. The van der Waals surface area contributed by atoms with Crippen LogP contribution in [-0.4, -0.2) is 28.5 Å². The molecule has 0 radical (unpaired) electrons. The molecule has 2 aromatic carbocycles. The number of anilines is 1. The summed E-state index contributed by atoms with van der Waals surface area (Å²) in [5.74, 6) is -1.38. The molecule has 0 fully saturated rings. The molecule has 0 heterocycles. The van der Waals surface area contributed by atoms with E-state index in [0.29, 0.717) is 11.3 Å². The van der Waals surface area contributed by atoms with E-state index in [1.165, 1.54) is 30.0 Å². The summed E-state index contributed by atoms with van der Waals surface area (Å²) in [6.45, 7) is 3.28. The largest absolute Gasteiger partial charge is 0.478 e. The van der Waals surface area contributed by atoms with Crippen LogP contribution in [0.1, 0.15) is 34.0 Å². The van der Waals surface area contributed by atoms with E-state index >= 15 is 0 Å². The number of nitro groups is 1. The van der Waals surface area contributed by atoms with Crippen LogP contribution < -0.4 is 4.90 Å². The highest BCUT2D eigenvalue weighted by Gasteiger charge is 2.19. The molecule has 0 saturated heterocycles. The molecule has 0 spiro atoms. The van der Waals surface area contributed by atoms with Gasteiger partial charge < -0.3 is 10.0 Å². The van der Waals surface area contributed by atoms with Crippen molar-refractivity contribution in [2.75, 3.05) is 11.4 Å². The number of amides is 1. The van der Waals surface area contributed by atoms with Crippen LogP contribution in [0.15, 0.2) is 42.5 Å². The van der Waals surface area contributed by atoms with Crippen LogP contribution >= 0.6 is 0 Å². The number of hydrogen-bond acceptors (Lipinski definition) is 4. The molecule has 7 nitrogen and oxygen atoms in total. The van der Waals surface area contributed by atoms with Gasteiger partial charge in [0.25, 0.3) is 0 Å². The lowest BCUT2D eigenvalue weighted by Crippen LogP contribution is -2.29. The zero-order chi connectivity index (χ0) is 19.3. The Morgan fingerprint density at radius 1 is 1.15 bits per heavy atom. The Balaban J connectivity index is 2.49. The minimum absolute atomic E-state index is 0.0286. The van der Waals surface area contributed by atoms with Gasteiger partial charge in [-0.05, 0) is 35.7 Å². The van der Waals surface area contributed by atoms with Gasteiger partial charge >= 0.3 is 5.97 Å². The summed E-state index contributed by atoms with van der Waals surface area (Å²) in [7, 11) is 0. The van der Waals surface area contributed by atoms with E-state index in [1.54, 1.807) is 0 Å². The lowest BCUT2D eigenvalue weighted by molar-refractivity contribution is -0.479. The Bertz CT molecular complexity index is 848. The maximum Gasteiger partial charge on any atom is 0.335 e. The summed E-state index contributed by atoms with van der Waals surface area (Å²) < 4.78 is 0. The average Bonchev–Trinajstić information content (AvgIpc) is 2.58. The molecule has 0 unspecified atom stereocenters. The molecular weight excluding hydrogens is 336 g/mol. The lowest BCUT2D eigenvalue weighted by Gasteiger charge is -2.25. The van der Waals surface area contributed by atoms with E-state index < -0.39 is 10.9 Å². The van der Waals surface area contributed by atoms with Crippen molar-refractivity contribution in [3.63, 3.8) is 0 Å². The number of aromatic carboxylic acids is 1. The first kappa shape index (κ1) is 19.1. The van der Waals surface area contributed by atoms with Crippen LogP contribution in [0.5, 0.6) is 0 Å². The lowest BCUT2D eigenvalue weighted by atomic mass is 10.0. The molecule has 0 bridgehead atoms. The standard InChI is InChI=1S/C19H20N2O5/c1-13-5-3-4-6-17(13)12-20(14(2)22)18-11-16(19(23)24)8-7-15(18)9-10-21(25)26/h3-8,11H,9-10,12H2,1-2H3,(H,23,24). The van der Waals surface area contributed by atoms with Gasteiger partial charge in [-0.2, -0.15) is 0 Å². The highest BCUT2D eigenvalue weighted by molar-refractivity contribution is 5.95. The van der Waals surface area contributed by atoms with E-state index in [2.05, 4.69) is 0 Å². The molecule has 2 aromatic rings.